The molecule has 2 aliphatic rings. The number of hydrogen-bond acceptors (Lipinski definition) is 4. The van der Waals surface area contributed by atoms with Crippen LogP contribution in [0.3, 0.4) is 0 Å². The van der Waals surface area contributed by atoms with E-state index in [9.17, 15) is 4.79 Å². The summed E-state index contributed by atoms with van der Waals surface area (Å²) < 4.78 is 11.5. The summed E-state index contributed by atoms with van der Waals surface area (Å²) in [5.41, 5.74) is 5.68. The molecule has 5 nitrogen and oxygen atoms in total. The molecular weight excluding hydrogens is 268 g/mol. The average Bonchev–Trinajstić information content (AvgIpc) is 2.55. The Morgan fingerprint density at radius 3 is 2.52 bits per heavy atom. The minimum Gasteiger partial charge on any atom is -0.378 e. The Bertz CT molecular complexity index is 334. The first kappa shape index (κ1) is 16.7. The van der Waals surface area contributed by atoms with Crippen molar-refractivity contribution >= 4 is 5.91 Å². The number of rotatable bonds is 5. The third-order valence-corrected chi connectivity index (χ3v) is 5.06. The lowest BCUT2D eigenvalue weighted by molar-refractivity contribution is -0.163. The quantitative estimate of drug-likeness (QED) is 0.836. The second-order valence-electron chi connectivity index (χ2n) is 6.44. The first-order valence-electron chi connectivity index (χ1n) is 8.34. The van der Waals surface area contributed by atoms with E-state index in [1.165, 1.54) is 6.42 Å². The molecule has 0 bridgehead atoms. The maximum absolute atomic E-state index is 12.5. The fourth-order valence-corrected chi connectivity index (χ4v) is 3.45. The van der Waals surface area contributed by atoms with E-state index < -0.39 is 6.10 Å². The molecule has 5 heteroatoms. The summed E-state index contributed by atoms with van der Waals surface area (Å²) in [6, 6.07) is 0. The van der Waals surface area contributed by atoms with Crippen LogP contribution in [0.1, 0.15) is 46.0 Å². The topological polar surface area (TPSA) is 64.8 Å². The molecule has 1 unspecified atom stereocenters. The molecule has 1 atom stereocenters. The lowest BCUT2D eigenvalue weighted by atomic mass is 9.77. The van der Waals surface area contributed by atoms with Gasteiger partial charge in [0.25, 0.3) is 5.91 Å². The summed E-state index contributed by atoms with van der Waals surface area (Å²) in [6.45, 7) is 7.19. The Morgan fingerprint density at radius 2 is 2.00 bits per heavy atom. The molecule has 1 saturated heterocycles. The van der Waals surface area contributed by atoms with Crippen molar-refractivity contribution in [3.05, 3.63) is 0 Å². The SMILES string of the molecule is CCC1CCC(CN)(OC(C)C(=O)N2CCOCC2)CC1. The molecule has 2 rings (SSSR count). The molecule has 1 aliphatic carbocycles. The zero-order valence-corrected chi connectivity index (χ0v) is 13.5. The van der Waals surface area contributed by atoms with Gasteiger partial charge in [0, 0.05) is 19.6 Å². The van der Waals surface area contributed by atoms with Gasteiger partial charge in [0.15, 0.2) is 0 Å². The van der Waals surface area contributed by atoms with Crippen LogP contribution in [0.2, 0.25) is 0 Å². The molecule has 0 radical (unpaired) electrons. The molecule has 2 fully saturated rings. The summed E-state index contributed by atoms with van der Waals surface area (Å²) in [6.07, 6.45) is 5.08. The van der Waals surface area contributed by atoms with Gasteiger partial charge in [-0.25, -0.2) is 0 Å². The van der Waals surface area contributed by atoms with Crippen LogP contribution in [0.5, 0.6) is 0 Å². The second-order valence-corrected chi connectivity index (χ2v) is 6.44. The van der Waals surface area contributed by atoms with Gasteiger partial charge in [-0.2, -0.15) is 0 Å². The van der Waals surface area contributed by atoms with Crippen LogP contribution in [-0.4, -0.2) is 55.4 Å². The van der Waals surface area contributed by atoms with Gasteiger partial charge in [-0.15, -0.1) is 0 Å². The number of carbonyl (C=O) groups excluding carboxylic acids is 1. The molecule has 122 valence electrons. The highest BCUT2D eigenvalue weighted by atomic mass is 16.5. The minimum atomic E-state index is -0.412. The maximum atomic E-state index is 12.5. The van der Waals surface area contributed by atoms with Gasteiger partial charge in [0.2, 0.25) is 0 Å². The standard InChI is InChI=1S/C16H30N2O3/c1-3-14-4-6-16(12-17,7-5-14)21-13(2)15(19)18-8-10-20-11-9-18/h13-14H,3-12,17H2,1-2H3. The Morgan fingerprint density at radius 1 is 1.38 bits per heavy atom. The summed E-state index contributed by atoms with van der Waals surface area (Å²) in [5, 5.41) is 0. The molecule has 2 N–H and O–H groups in total. The Hall–Kier alpha value is -0.650. The van der Waals surface area contributed by atoms with Crippen LogP contribution in [-0.2, 0) is 14.3 Å². The number of hydrogen-bond donors (Lipinski definition) is 1. The zero-order chi connectivity index (χ0) is 15.3. The molecule has 1 heterocycles. The van der Waals surface area contributed by atoms with Crippen molar-refractivity contribution in [3.63, 3.8) is 0 Å². The highest BCUT2D eigenvalue weighted by Gasteiger charge is 2.38. The predicted octanol–water partition coefficient (Wildman–Crippen LogP) is 1.55. The van der Waals surface area contributed by atoms with Crippen molar-refractivity contribution in [2.45, 2.75) is 57.7 Å². The zero-order valence-electron chi connectivity index (χ0n) is 13.5. The number of nitrogens with two attached hydrogens (primary N) is 1. The Kier molecular flexibility index (Phi) is 6.02. The summed E-state index contributed by atoms with van der Waals surface area (Å²) >= 11 is 0. The smallest absolute Gasteiger partial charge is 0.251 e. The Balaban J connectivity index is 1.90. The number of carbonyl (C=O) groups is 1. The van der Waals surface area contributed by atoms with E-state index in [0.717, 1.165) is 31.6 Å². The van der Waals surface area contributed by atoms with Crippen molar-refractivity contribution in [1.82, 2.24) is 4.90 Å². The summed E-state index contributed by atoms with van der Waals surface area (Å²) in [4.78, 5) is 14.3. The number of nitrogens with zero attached hydrogens (tertiary/aromatic N) is 1. The molecule has 1 saturated carbocycles. The van der Waals surface area contributed by atoms with Gasteiger partial charge < -0.3 is 20.1 Å². The molecule has 0 aromatic heterocycles. The van der Waals surface area contributed by atoms with E-state index in [0.29, 0.717) is 32.8 Å². The molecule has 1 amide bonds. The number of ether oxygens (including phenoxy) is 2. The van der Waals surface area contributed by atoms with E-state index in [-0.39, 0.29) is 11.5 Å². The van der Waals surface area contributed by atoms with Gasteiger partial charge >= 0.3 is 0 Å². The van der Waals surface area contributed by atoms with Crippen molar-refractivity contribution in [1.29, 1.82) is 0 Å². The van der Waals surface area contributed by atoms with Crippen LogP contribution >= 0.6 is 0 Å². The van der Waals surface area contributed by atoms with Gasteiger partial charge in [-0.3, -0.25) is 4.79 Å². The molecule has 0 aromatic carbocycles. The summed E-state index contributed by atoms with van der Waals surface area (Å²) in [7, 11) is 0. The van der Waals surface area contributed by atoms with E-state index in [2.05, 4.69) is 6.92 Å². The van der Waals surface area contributed by atoms with Crippen LogP contribution in [0, 0.1) is 5.92 Å². The highest BCUT2D eigenvalue weighted by Crippen LogP contribution is 2.36. The second kappa shape index (κ2) is 7.56. The van der Waals surface area contributed by atoms with Crippen molar-refractivity contribution < 1.29 is 14.3 Å². The monoisotopic (exact) mass is 298 g/mol. The fraction of sp³-hybridized carbons (Fsp3) is 0.938. The first-order chi connectivity index (χ1) is 10.1. The van der Waals surface area contributed by atoms with Gasteiger partial charge in [-0.05, 0) is 38.5 Å². The minimum absolute atomic E-state index is 0.0729. The van der Waals surface area contributed by atoms with Crippen LogP contribution < -0.4 is 5.73 Å². The number of morpholine rings is 1. The Labute approximate surface area is 128 Å². The summed E-state index contributed by atoms with van der Waals surface area (Å²) in [5.74, 6) is 0.863. The van der Waals surface area contributed by atoms with Gasteiger partial charge in [-0.1, -0.05) is 13.3 Å². The van der Waals surface area contributed by atoms with Crippen molar-refractivity contribution in [2.24, 2.45) is 11.7 Å². The van der Waals surface area contributed by atoms with Crippen LogP contribution in [0.4, 0.5) is 0 Å². The van der Waals surface area contributed by atoms with Gasteiger partial charge in [0.05, 0.1) is 18.8 Å². The largest absolute Gasteiger partial charge is 0.378 e. The fourth-order valence-electron chi connectivity index (χ4n) is 3.45. The molecular formula is C16H30N2O3. The third-order valence-electron chi connectivity index (χ3n) is 5.06. The van der Waals surface area contributed by atoms with Gasteiger partial charge in [0.1, 0.15) is 6.10 Å². The normalized spacial score (nSPS) is 32.0. The molecule has 0 aromatic rings. The van der Waals surface area contributed by atoms with E-state index >= 15 is 0 Å². The maximum Gasteiger partial charge on any atom is 0.251 e. The number of amides is 1. The molecule has 21 heavy (non-hydrogen) atoms. The predicted molar refractivity (Wildman–Crippen MR) is 82.0 cm³/mol. The van der Waals surface area contributed by atoms with E-state index in [4.69, 9.17) is 15.2 Å². The molecule has 1 aliphatic heterocycles. The molecule has 0 spiro atoms. The lowest BCUT2D eigenvalue weighted by Crippen LogP contribution is -2.51. The highest BCUT2D eigenvalue weighted by molar-refractivity contribution is 5.80. The third kappa shape index (κ3) is 4.18. The van der Waals surface area contributed by atoms with Crippen LogP contribution in [0.15, 0.2) is 0 Å². The van der Waals surface area contributed by atoms with Crippen molar-refractivity contribution in [3.8, 4) is 0 Å². The van der Waals surface area contributed by atoms with E-state index in [1.807, 2.05) is 11.8 Å². The average molecular weight is 298 g/mol. The first-order valence-corrected chi connectivity index (χ1v) is 8.34. The van der Waals surface area contributed by atoms with Crippen molar-refractivity contribution in [2.75, 3.05) is 32.8 Å². The van der Waals surface area contributed by atoms with Crippen LogP contribution in [0.25, 0.3) is 0 Å². The van der Waals surface area contributed by atoms with E-state index in [1.54, 1.807) is 0 Å². The lowest BCUT2D eigenvalue weighted by Gasteiger charge is -2.41.